The van der Waals surface area contributed by atoms with Crippen LogP contribution >= 0.6 is 0 Å². The minimum absolute atomic E-state index is 0.244. The van der Waals surface area contributed by atoms with Crippen molar-refractivity contribution in [2.24, 2.45) is 0 Å². The van der Waals surface area contributed by atoms with E-state index >= 15 is 0 Å². The zero-order valence-electron chi connectivity index (χ0n) is 10.9. The Morgan fingerprint density at radius 2 is 2.33 bits per heavy atom. The molecule has 0 saturated heterocycles. The van der Waals surface area contributed by atoms with Gasteiger partial charge in [-0.3, -0.25) is 4.79 Å². The summed E-state index contributed by atoms with van der Waals surface area (Å²) in [5, 5.41) is 3.30. The quantitative estimate of drug-likeness (QED) is 0.809. The molecule has 1 aromatic carbocycles. The Morgan fingerprint density at radius 1 is 1.50 bits per heavy atom. The molecule has 0 fully saturated rings. The van der Waals surface area contributed by atoms with Crippen molar-refractivity contribution in [3.63, 3.8) is 0 Å². The van der Waals surface area contributed by atoms with Crippen LogP contribution in [-0.4, -0.2) is 26.7 Å². The van der Waals surface area contributed by atoms with Crippen LogP contribution in [0.15, 0.2) is 18.2 Å². The highest BCUT2D eigenvalue weighted by Gasteiger charge is 2.20. The molecule has 1 unspecified atom stereocenters. The lowest BCUT2D eigenvalue weighted by molar-refractivity contribution is -0.141. The predicted octanol–water partition coefficient (Wildman–Crippen LogP) is 1.84. The van der Waals surface area contributed by atoms with Crippen LogP contribution in [-0.2, 0) is 16.0 Å². The van der Waals surface area contributed by atoms with E-state index in [-0.39, 0.29) is 12.4 Å². The number of fused-ring (bicyclic) bond motifs is 1. The van der Waals surface area contributed by atoms with Gasteiger partial charge in [0.25, 0.3) is 0 Å². The molecule has 0 heterocycles. The third-order valence-electron chi connectivity index (χ3n) is 3.34. The Labute approximate surface area is 107 Å². The van der Waals surface area contributed by atoms with Gasteiger partial charge in [0.15, 0.2) is 0 Å². The van der Waals surface area contributed by atoms with Crippen LogP contribution in [0.25, 0.3) is 0 Å². The first-order chi connectivity index (χ1) is 8.74. The molecule has 0 bridgehead atoms. The monoisotopic (exact) mass is 249 g/mol. The molecule has 1 aromatic rings. The summed E-state index contributed by atoms with van der Waals surface area (Å²) in [6.45, 7) is 0.362. The molecule has 1 N–H and O–H groups in total. The van der Waals surface area contributed by atoms with Gasteiger partial charge in [0.1, 0.15) is 5.75 Å². The standard InChI is InChI=1S/C14H19NO3/c1-15-13-6-3-10-9-11(4-5-12(10)13)18-8-7-14(16)17-2/h4-5,9,13,15H,3,6-8H2,1-2H3. The van der Waals surface area contributed by atoms with E-state index in [4.69, 9.17) is 4.74 Å². The Bertz CT molecular complexity index is 431. The largest absolute Gasteiger partial charge is 0.493 e. The first kappa shape index (κ1) is 12.9. The fourth-order valence-electron chi connectivity index (χ4n) is 2.34. The smallest absolute Gasteiger partial charge is 0.308 e. The highest BCUT2D eigenvalue weighted by Crippen LogP contribution is 2.33. The van der Waals surface area contributed by atoms with Gasteiger partial charge in [-0.1, -0.05) is 6.07 Å². The maximum absolute atomic E-state index is 11.0. The molecule has 1 aliphatic rings. The summed E-state index contributed by atoms with van der Waals surface area (Å²) in [6.07, 6.45) is 2.50. The lowest BCUT2D eigenvalue weighted by Gasteiger charge is -2.11. The Balaban J connectivity index is 1.94. The van der Waals surface area contributed by atoms with Crippen molar-refractivity contribution < 1.29 is 14.3 Å². The number of carbonyl (C=O) groups excluding carboxylic acids is 1. The first-order valence-electron chi connectivity index (χ1n) is 6.24. The Kier molecular flexibility index (Phi) is 4.20. The summed E-state index contributed by atoms with van der Waals surface area (Å²) < 4.78 is 10.1. The summed E-state index contributed by atoms with van der Waals surface area (Å²) >= 11 is 0. The normalized spacial score (nSPS) is 17.3. The second kappa shape index (κ2) is 5.87. The van der Waals surface area contributed by atoms with Gasteiger partial charge in [-0.25, -0.2) is 0 Å². The fourth-order valence-corrected chi connectivity index (χ4v) is 2.34. The van der Waals surface area contributed by atoms with E-state index in [0.717, 1.165) is 18.6 Å². The third kappa shape index (κ3) is 2.82. The van der Waals surface area contributed by atoms with E-state index in [1.54, 1.807) is 0 Å². The molecule has 0 spiro atoms. The zero-order chi connectivity index (χ0) is 13.0. The minimum atomic E-state index is -0.244. The average Bonchev–Trinajstić information content (AvgIpc) is 2.80. The number of rotatable bonds is 5. The highest BCUT2D eigenvalue weighted by molar-refractivity contribution is 5.69. The lowest BCUT2D eigenvalue weighted by Crippen LogP contribution is -2.12. The number of esters is 1. The molecule has 0 saturated carbocycles. The second-order valence-electron chi connectivity index (χ2n) is 4.42. The number of hydrogen-bond donors (Lipinski definition) is 1. The molecule has 1 aliphatic carbocycles. The maximum atomic E-state index is 11.0. The van der Waals surface area contributed by atoms with Crippen LogP contribution < -0.4 is 10.1 Å². The van der Waals surface area contributed by atoms with E-state index in [0.29, 0.717) is 12.6 Å². The first-order valence-corrected chi connectivity index (χ1v) is 6.24. The molecular formula is C14H19NO3. The summed E-state index contributed by atoms with van der Waals surface area (Å²) in [5.74, 6) is 0.584. The molecule has 2 rings (SSSR count). The van der Waals surface area contributed by atoms with E-state index in [1.807, 2.05) is 13.1 Å². The van der Waals surface area contributed by atoms with Crippen molar-refractivity contribution in [2.75, 3.05) is 20.8 Å². The molecule has 98 valence electrons. The molecule has 0 aromatic heterocycles. The molecule has 4 heteroatoms. The van der Waals surface area contributed by atoms with Crippen LogP contribution in [0.5, 0.6) is 5.75 Å². The minimum Gasteiger partial charge on any atom is -0.493 e. The molecular weight excluding hydrogens is 230 g/mol. The van der Waals surface area contributed by atoms with Gasteiger partial charge in [0, 0.05) is 6.04 Å². The zero-order valence-corrected chi connectivity index (χ0v) is 10.9. The number of aryl methyl sites for hydroxylation is 1. The van der Waals surface area contributed by atoms with Crippen LogP contribution in [0.1, 0.15) is 30.0 Å². The Hall–Kier alpha value is -1.55. The second-order valence-corrected chi connectivity index (χ2v) is 4.42. The fraction of sp³-hybridized carbons (Fsp3) is 0.500. The lowest BCUT2D eigenvalue weighted by atomic mass is 10.1. The van der Waals surface area contributed by atoms with Gasteiger partial charge < -0.3 is 14.8 Å². The summed E-state index contributed by atoms with van der Waals surface area (Å²) in [5.41, 5.74) is 2.70. The highest BCUT2D eigenvalue weighted by atomic mass is 16.5. The molecule has 4 nitrogen and oxygen atoms in total. The van der Waals surface area contributed by atoms with Gasteiger partial charge in [-0.05, 0) is 43.1 Å². The van der Waals surface area contributed by atoms with Crippen molar-refractivity contribution >= 4 is 5.97 Å². The summed E-state index contributed by atoms with van der Waals surface area (Å²) in [7, 11) is 3.37. The average molecular weight is 249 g/mol. The van der Waals surface area contributed by atoms with Gasteiger partial charge in [0.05, 0.1) is 20.1 Å². The van der Waals surface area contributed by atoms with Crippen LogP contribution in [0.4, 0.5) is 0 Å². The topological polar surface area (TPSA) is 47.6 Å². The molecule has 0 amide bonds. The van der Waals surface area contributed by atoms with E-state index in [1.165, 1.54) is 18.2 Å². The summed E-state index contributed by atoms with van der Waals surface area (Å²) in [6, 6.07) is 6.61. The Morgan fingerprint density at radius 3 is 3.06 bits per heavy atom. The van der Waals surface area contributed by atoms with E-state index in [9.17, 15) is 4.79 Å². The van der Waals surface area contributed by atoms with Gasteiger partial charge >= 0.3 is 5.97 Å². The molecule has 0 radical (unpaired) electrons. The number of carbonyl (C=O) groups is 1. The number of methoxy groups -OCH3 is 1. The van der Waals surface area contributed by atoms with Crippen molar-refractivity contribution in [2.45, 2.75) is 25.3 Å². The SMILES string of the molecule is CNC1CCc2cc(OCCC(=O)OC)ccc21. The molecule has 18 heavy (non-hydrogen) atoms. The number of hydrogen-bond acceptors (Lipinski definition) is 4. The van der Waals surface area contributed by atoms with Crippen molar-refractivity contribution in [3.05, 3.63) is 29.3 Å². The van der Waals surface area contributed by atoms with Crippen LogP contribution in [0.3, 0.4) is 0 Å². The van der Waals surface area contributed by atoms with Crippen molar-refractivity contribution in [1.82, 2.24) is 5.32 Å². The van der Waals surface area contributed by atoms with Gasteiger partial charge in [-0.15, -0.1) is 0 Å². The molecule has 0 aliphatic heterocycles. The van der Waals surface area contributed by atoms with Gasteiger partial charge in [-0.2, -0.15) is 0 Å². The maximum Gasteiger partial charge on any atom is 0.308 e. The summed E-state index contributed by atoms with van der Waals surface area (Å²) in [4.78, 5) is 11.0. The van der Waals surface area contributed by atoms with E-state index < -0.39 is 0 Å². The van der Waals surface area contributed by atoms with Gasteiger partial charge in [0.2, 0.25) is 0 Å². The number of benzene rings is 1. The predicted molar refractivity (Wildman–Crippen MR) is 68.7 cm³/mol. The number of nitrogens with one attached hydrogen (secondary N) is 1. The third-order valence-corrected chi connectivity index (χ3v) is 3.34. The van der Waals surface area contributed by atoms with E-state index in [2.05, 4.69) is 22.2 Å². The van der Waals surface area contributed by atoms with Crippen molar-refractivity contribution in [1.29, 1.82) is 0 Å². The van der Waals surface area contributed by atoms with Crippen molar-refractivity contribution in [3.8, 4) is 5.75 Å². The molecule has 1 atom stereocenters. The van der Waals surface area contributed by atoms with Crippen LogP contribution in [0, 0.1) is 0 Å². The number of ether oxygens (including phenoxy) is 2. The van der Waals surface area contributed by atoms with Crippen LogP contribution in [0.2, 0.25) is 0 Å².